The second-order valence-corrected chi connectivity index (χ2v) is 10.5. The maximum absolute atomic E-state index is 13.0. The number of benzene rings is 2. The van der Waals surface area contributed by atoms with Gasteiger partial charge in [-0.1, -0.05) is 36.4 Å². The van der Waals surface area contributed by atoms with E-state index in [2.05, 4.69) is 46.1 Å². The highest BCUT2D eigenvalue weighted by Gasteiger charge is 2.30. The van der Waals surface area contributed by atoms with Gasteiger partial charge < -0.3 is 4.74 Å². The molecule has 6 nitrogen and oxygen atoms in total. The van der Waals surface area contributed by atoms with Crippen LogP contribution in [0, 0.1) is 6.92 Å². The Hall–Kier alpha value is -2.81. The molecule has 1 atom stereocenters. The van der Waals surface area contributed by atoms with Gasteiger partial charge in [-0.05, 0) is 67.1 Å². The van der Waals surface area contributed by atoms with E-state index in [1.807, 2.05) is 43.6 Å². The normalized spacial score (nSPS) is 14.5. The Morgan fingerprint density at radius 3 is 2.69 bits per heavy atom. The standard InChI is InChI=1S/C28H30N4O2S2/c1-4-34-28(33)24(31-16-14-20-9-5-6-10-21(20)17-31)18-36-25-13-15-29-26(19(25)2)27-30-22-11-7-8-12-23(22)32(27)35-3/h5-13,15,24H,4,14,16-18H2,1-3H3. The van der Waals surface area contributed by atoms with Gasteiger partial charge in [0.1, 0.15) is 11.7 Å². The van der Waals surface area contributed by atoms with E-state index in [0.29, 0.717) is 12.4 Å². The number of thioether (sulfide) groups is 1. The molecule has 186 valence electrons. The van der Waals surface area contributed by atoms with Crippen LogP contribution in [0.4, 0.5) is 0 Å². The van der Waals surface area contributed by atoms with Gasteiger partial charge in [0.2, 0.25) is 0 Å². The van der Waals surface area contributed by atoms with Gasteiger partial charge in [-0.2, -0.15) is 0 Å². The molecule has 0 fully saturated rings. The van der Waals surface area contributed by atoms with Crippen molar-refractivity contribution in [2.45, 2.75) is 37.8 Å². The first kappa shape index (κ1) is 24.9. The summed E-state index contributed by atoms with van der Waals surface area (Å²) in [6.07, 6.45) is 4.83. The molecule has 36 heavy (non-hydrogen) atoms. The number of pyridine rings is 1. The monoisotopic (exact) mass is 518 g/mol. The van der Waals surface area contributed by atoms with Crippen LogP contribution in [-0.2, 0) is 22.5 Å². The molecule has 3 heterocycles. The number of imidazole rings is 1. The number of para-hydroxylation sites is 2. The van der Waals surface area contributed by atoms with Crippen molar-refractivity contribution >= 4 is 40.7 Å². The smallest absolute Gasteiger partial charge is 0.324 e. The number of hydrogen-bond acceptors (Lipinski definition) is 7. The lowest BCUT2D eigenvalue weighted by Crippen LogP contribution is -2.46. The number of hydrogen-bond donors (Lipinski definition) is 0. The molecule has 0 bridgehead atoms. The predicted octanol–water partition coefficient (Wildman–Crippen LogP) is 5.61. The van der Waals surface area contributed by atoms with Gasteiger partial charge in [0.05, 0.1) is 17.6 Å². The molecular formula is C28H30N4O2S2. The Balaban J connectivity index is 1.41. The van der Waals surface area contributed by atoms with Crippen LogP contribution in [-0.4, -0.2) is 56.0 Å². The zero-order valence-electron chi connectivity index (χ0n) is 20.8. The maximum atomic E-state index is 13.0. The molecule has 0 radical (unpaired) electrons. The summed E-state index contributed by atoms with van der Waals surface area (Å²) in [5.74, 6) is 1.31. The van der Waals surface area contributed by atoms with Gasteiger partial charge >= 0.3 is 5.97 Å². The van der Waals surface area contributed by atoms with Crippen molar-refractivity contribution in [1.29, 1.82) is 0 Å². The van der Waals surface area contributed by atoms with Gasteiger partial charge in [-0.3, -0.25) is 18.7 Å². The van der Waals surface area contributed by atoms with E-state index >= 15 is 0 Å². The first-order chi connectivity index (χ1) is 17.6. The molecule has 4 aromatic rings. The van der Waals surface area contributed by atoms with Crippen LogP contribution in [0.15, 0.2) is 65.7 Å². The zero-order chi connectivity index (χ0) is 25.1. The number of carbonyl (C=O) groups excluding carboxylic acids is 1. The van der Waals surface area contributed by atoms with Crippen molar-refractivity contribution in [3.05, 3.63) is 77.5 Å². The minimum Gasteiger partial charge on any atom is -0.465 e. The summed E-state index contributed by atoms with van der Waals surface area (Å²) in [6.45, 7) is 5.95. The van der Waals surface area contributed by atoms with Crippen molar-refractivity contribution in [3.8, 4) is 11.5 Å². The molecule has 1 unspecified atom stereocenters. The lowest BCUT2D eigenvalue weighted by molar-refractivity contribution is -0.149. The molecule has 1 aliphatic heterocycles. The van der Waals surface area contributed by atoms with Crippen LogP contribution in [0.2, 0.25) is 0 Å². The zero-order valence-corrected chi connectivity index (χ0v) is 22.4. The maximum Gasteiger partial charge on any atom is 0.324 e. The first-order valence-corrected chi connectivity index (χ1v) is 14.4. The van der Waals surface area contributed by atoms with Gasteiger partial charge in [0.25, 0.3) is 0 Å². The van der Waals surface area contributed by atoms with Crippen LogP contribution in [0.3, 0.4) is 0 Å². The van der Waals surface area contributed by atoms with Crippen LogP contribution in [0.5, 0.6) is 0 Å². The first-order valence-electron chi connectivity index (χ1n) is 12.2. The summed E-state index contributed by atoms with van der Waals surface area (Å²) in [6, 6.07) is 18.4. The largest absolute Gasteiger partial charge is 0.465 e. The van der Waals surface area contributed by atoms with E-state index in [1.165, 1.54) is 11.1 Å². The van der Waals surface area contributed by atoms with Crippen molar-refractivity contribution in [3.63, 3.8) is 0 Å². The third-order valence-electron chi connectivity index (χ3n) is 6.62. The van der Waals surface area contributed by atoms with E-state index in [4.69, 9.17) is 14.7 Å². The highest BCUT2D eigenvalue weighted by Crippen LogP contribution is 2.34. The van der Waals surface area contributed by atoms with E-state index in [1.54, 1.807) is 23.7 Å². The fourth-order valence-corrected chi connectivity index (χ4v) is 6.56. The Kier molecular flexibility index (Phi) is 7.65. The van der Waals surface area contributed by atoms with Gasteiger partial charge in [-0.25, -0.2) is 4.98 Å². The van der Waals surface area contributed by atoms with Gasteiger partial charge in [0, 0.05) is 36.2 Å². The molecule has 2 aromatic heterocycles. The third kappa shape index (κ3) is 4.90. The Bertz CT molecular complexity index is 1390. The number of rotatable bonds is 8. The van der Waals surface area contributed by atoms with Crippen LogP contribution in [0.25, 0.3) is 22.6 Å². The van der Waals surface area contributed by atoms with Crippen LogP contribution < -0.4 is 0 Å². The SMILES string of the molecule is CCOC(=O)C(CSc1ccnc(-c2nc3ccccc3n2SC)c1C)N1CCc2ccccc2C1. The van der Waals surface area contributed by atoms with Crippen molar-refractivity contribution in [1.82, 2.24) is 18.8 Å². The average Bonchev–Trinajstić information content (AvgIpc) is 3.28. The minimum absolute atomic E-state index is 0.152. The number of ether oxygens (including phenoxy) is 1. The second kappa shape index (κ2) is 11.1. The average molecular weight is 519 g/mol. The van der Waals surface area contributed by atoms with Crippen molar-refractivity contribution in [2.75, 3.05) is 25.2 Å². The van der Waals surface area contributed by atoms with Crippen molar-refractivity contribution in [2.24, 2.45) is 0 Å². The van der Waals surface area contributed by atoms with E-state index < -0.39 is 0 Å². The van der Waals surface area contributed by atoms with Crippen LogP contribution >= 0.6 is 23.7 Å². The van der Waals surface area contributed by atoms with E-state index in [9.17, 15) is 4.79 Å². The summed E-state index contributed by atoms with van der Waals surface area (Å²) in [4.78, 5) is 26.0. The molecule has 2 aromatic carbocycles. The predicted molar refractivity (Wildman–Crippen MR) is 148 cm³/mol. The molecule has 0 aliphatic carbocycles. The number of esters is 1. The number of nitrogens with zero attached hydrogens (tertiary/aromatic N) is 4. The summed E-state index contributed by atoms with van der Waals surface area (Å²) in [5.41, 5.74) is 6.63. The quantitative estimate of drug-likeness (QED) is 0.222. The molecule has 1 aliphatic rings. The minimum atomic E-state index is -0.310. The Morgan fingerprint density at radius 1 is 1.11 bits per heavy atom. The van der Waals surface area contributed by atoms with Gasteiger partial charge in [-0.15, -0.1) is 11.8 Å². The topological polar surface area (TPSA) is 60.2 Å². The third-order valence-corrected chi connectivity index (χ3v) is 8.59. The summed E-state index contributed by atoms with van der Waals surface area (Å²) in [7, 11) is 0. The Labute approximate surface area is 220 Å². The molecular weight excluding hydrogens is 488 g/mol. The molecule has 0 saturated carbocycles. The molecule has 8 heteroatoms. The molecule has 0 N–H and O–H groups in total. The summed E-state index contributed by atoms with van der Waals surface area (Å²) in [5, 5.41) is 0. The molecule has 0 spiro atoms. The highest BCUT2D eigenvalue weighted by molar-refractivity contribution is 7.99. The molecule has 0 amide bonds. The summed E-state index contributed by atoms with van der Waals surface area (Å²) < 4.78 is 7.63. The van der Waals surface area contributed by atoms with E-state index in [-0.39, 0.29) is 12.0 Å². The fourth-order valence-electron chi connectivity index (χ4n) is 4.75. The fraction of sp³-hybridized carbons (Fsp3) is 0.321. The van der Waals surface area contributed by atoms with E-state index in [0.717, 1.165) is 52.5 Å². The summed E-state index contributed by atoms with van der Waals surface area (Å²) >= 11 is 3.31. The van der Waals surface area contributed by atoms with Crippen molar-refractivity contribution < 1.29 is 9.53 Å². The van der Waals surface area contributed by atoms with Crippen LogP contribution in [0.1, 0.15) is 23.6 Å². The second-order valence-electron chi connectivity index (χ2n) is 8.75. The molecule has 0 saturated heterocycles. The number of fused-ring (bicyclic) bond motifs is 2. The lowest BCUT2D eigenvalue weighted by Gasteiger charge is -2.34. The lowest BCUT2D eigenvalue weighted by atomic mass is 9.99. The number of aromatic nitrogens is 3. The molecule has 5 rings (SSSR count). The van der Waals surface area contributed by atoms with Gasteiger partial charge in [0.15, 0.2) is 5.82 Å². The Morgan fingerprint density at radius 2 is 1.89 bits per heavy atom. The number of carbonyl (C=O) groups is 1. The highest BCUT2D eigenvalue weighted by atomic mass is 32.2.